The van der Waals surface area contributed by atoms with Crippen LogP contribution in [0.3, 0.4) is 0 Å². The van der Waals surface area contributed by atoms with Crippen LogP contribution >= 0.6 is 11.3 Å². The first-order valence-corrected chi connectivity index (χ1v) is 9.83. The molecule has 0 aliphatic heterocycles. The molecule has 6 nitrogen and oxygen atoms in total. The molecule has 0 radical (unpaired) electrons. The van der Waals surface area contributed by atoms with E-state index in [0.29, 0.717) is 18.8 Å². The number of carbonyl (C=O) groups excluding carboxylic acids is 2. The number of carbonyl (C=O) groups is 2. The molecule has 7 heteroatoms. The van der Waals surface area contributed by atoms with E-state index in [2.05, 4.69) is 10.6 Å². The van der Waals surface area contributed by atoms with E-state index in [0.717, 1.165) is 21.8 Å². The number of thiophene rings is 1. The van der Waals surface area contributed by atoms with E-state index in [-0.39, 0.29) is 12.5 Å². The number of benzene rings is 1. The molecule has 0 bridgehead atoms. The lowest BCUT2D eigenvalue weighted by Gasteiger charge is -2.20. The van der Waals surface area contributed by atoms with Crippen molar-refractivity contribution in [2.75, 3.05) is 11.9 Å². The minimum Gasteiger partial charge on any atom is -0.468 e. The van der Waals surface area contributed by atoms with Crippen molar-refractivity contribution < 1.29 is 14.0 Å². The summed E-state index contributed by atoms with van der Waals surface area (Å²) in [6.45, 7) is 5.07. The Labute approximate surface area is 168 Å². The molecule has 0 aliphatic carbocycles. The van der Waals surface area contributed by atoms with Gasteiger partial charge in [0.25, 0.3) is 0 Å². The molecule has 2 heterocycles. The van der Waals surface area contributed by atoms with E-state index in [4.69, 9.17) is 4.42 Å². The van der Waals surface area contributed by atoms with Crippen LogP contribution in [0.15, 0.2) is 58.5 Å². The van der Waals surface area contributed by atoms with Gasteiger partial charge in [-0.15, -0.1) is 11.3 Å². The Kier molecular flexibility index (Phi) is 6.62. The van der Waals surface area contributed by atoms with Gasteiger partial charge in [-0.05, 0) is 49.1 Å². The molecule has 0 atom stereocenters. The van der Waals surface area contributed by atoms with Gasteiger partial charge in [-0.2, -0.15) is 0 Å². The summed E-state index contributed by atoms with van der Waals surface area (Å²) in [7, 11) is 0. The van der Waals surface area contributed by atoms with Gasteiger partial charge < -0.3 is 9.73 Å². The summed E-state index contributed by atoms with van der Waals surface area (Å²) in [6.07, 6.45) is 1.61. The van der Waals surface area contributed by atoms with Crippen molar-refractivity contribution in [2.45, 2.75) is 26.9 Å². The summed E-state index contributed by atoms with van der Waals surface area (Å²) >= 11 is 1.63. The van der Waals surface area contributed by atoms with Gasteiger partial charge in [0.2, 0.25) is 5.91 Å². The van der Waals surface area contributed by atoms with Crippen LogP contribution in [0.25, 0.3) is 0 Å². The van der Waals surface area contributed by atoms with E-state index >= 15 is 0 Å². The zero-order valence-electron chi connectivity index (χ0n) is 15.9. The Bertz CT molecular complexity index is 884. The normalized spacial score (nSPS) is 10.8. The molecule has 2 aromatic heterocycles. The maximum absolute atomic E-state index is 12.4. The summed E-state index contributed by atoms with van der Waals surface area (Å²) in [6, 6.07) is 12.9. The minimum atomic E-state index is -0.536. The maximum Gasteiger partial charge on any atom is 0.325 e. The molecule has 0 spiro atoms. The lowest BCUT2D eigenvalue weighted by atomic mass is 10.1. The van der Waals surface area contributed by atoms with Gasteiger partial charge in [0.05, 0.1) is 19.4 Å². The quantitative estimate of drug-likeness (QED) is 0.623. The fraction of sp³-hybridized carbons (Fsp3) is 0.238. The van der Waals surface area contributed by atoms with Crippen LogP contribution in [-0.2, 0) is 17.9 Å². The summed E-state index contributed by atoms with van der Waals surface area (Å²) in [5, 5.41) is 7.13. The molecular weight excluding hydrogens is 374 g/mol. The lowest BCUT2D eigenvalue weighted by Crippen LogP contribution is -2.41. The second-order valence-corrected chi connectivity index (χ2v) is 7.66. The molecule has 0 unspecified atom stereocenters. The van der Waals surface area contributed by atoms with Crippen molar-refractivity contribution in [1.82, 2.24) is 10.2 Å². The first kappa shape index (κ1) is 19.9. The predicted molar refractivity (Wildman–Crippen MR) is 110 cm³/mol. The highest BCUT2D eigenvalue weighted by Gasteiger charge is 2.16. The largest absolute Gasteiger partial charge is 0.468 e. The monoisotopic (exact) mass is 397 g/mol. The first-order valence-electron chi connectivity index (χ1n) is 8.95. The Morgan fingerprint density at radius 2 is 1.96 bits per heavy atom. The van der Waals surface area contributed by atoms with Crippen LogP contribution in [0.1, 0.15) is 21.8 Å². The lowest BCUT2D eigenvalue weighted by molar-refractivity contribution is -0.121. The van der Waals surface area contributed by atoms with Crippen molar-refractivity contribution in [3.05, 3.63) is 75.9 Å². The summed E-state index contributed by atoms with van der Waals surface area (Å²) in [5.41, 5.74) is 2.74. The van der Waals surface area contributed by atoms with Crippen molar-refractivity contribution in [3.8, 4) is 0 Å². The average Bonchev–Trinajstić information content (AvgIpc) is 3.31. The van der Waals surface area contributed by atoms with Gasteiger partial charge in [0.15, 0.2) is 0 Å². The Morgan fingerprint density at radius 3 is 2.64 bits per heavy atom. The van der Waals surface area contributed by atoms with E-state index in [1.54, 1.807) is 17.6 Å². The molecule has 146 valence electrons. The number of anilines is 1. The van der Waals surface area contributed by atoms with Crippen molar-refractivity contribution >= 4 is 29.0 Å². The molecule has 28 heavy (non-hydrogen) atoms. The number of aryl methyl sites for hydroxylation is 2. The van der Waals surface area contributed by atoms with E-state index in [9.17, 15) is 9.59 Å². The maximum atomic E-state index is 12.4. The molecule has 3 amide bonds. The molecular formula is C21H23N3O3S. The SMILES string of the molecule is Cc1ccc(NC(=O)NC(=O)CN(Cc2ccco2)Cc2cccs2)c(C)c1. The minimum absolute atomic E-state index is 0.0822. The van der Waals surface area contributed by atoms with Crippen molar-refractivity contribution in [2.24, 2.45) is 0 Å². The van der Waals surface area contributed by atoms with Crippen LogP contribution in [0.4, 0.5) is 10.5 Å². The van der Waals surface area contributed by atoms with Crippen molar-refractivity contribution in [1.29, 1.82) is 0 Å². The molecule has 0 saturated carbocycles. The average molecular weight is 398 g/mol. The smallest absolute Gasteiger partial charge is 0.325 e. The Morgan fingerprint density at radius 1 is 1.11 bits per heavy atom. The molecule has 3 aromatic rings. The third-order valence-electron chi connectivity index (χ3n) is 4.17. The highest BCUT2D eigenvalue weighted by atomic mass is 32.1. The Balaban J connectivity index is 1.58. The molecule has 0 aliphatic rings. The van der Waals surface area contributed by atoms with Gasteiger partial charge in [0.1, 0.15) is 5.76 Å². The van der Waals surface area contributed by atoms with E-state index in [1.807, 2.05) is 66.6 Å². The van der Waals surface area contributed by atoms with Crippen LogP contribution in [-0.4, -0.2) is 23.4 Å². The number of nitrogens with one attached hydrogen (secondary N) is 2. The van der Waals surface area contributed by atoms with Crippen LogP contribution < -0.4 is 10.6 Å². The highest BCUT2D eigenvalue weighted by Crippen LogP contribution is 2.16. The number of imide groups is 1. The number of furan rings is 1. The van der Waals surface area contributed by atoms with E-state index in [1.165, 1.54) is 0 Å². The van der Waals surface area contributed by atoms with Gasteiger partial charge >= 0.3 is 6.03 Å². The number of rotatable bonds is 7. The summed E-state index contributed by atoms with van der Waals surface area (Å²) in [5.74, 6) is 0.398. The van der Waals surface area contributed by atoms with Gasteiger partial charge in [-0.1, -0.05) is 23.8 Å². The number of amides is 3. The van der Waals surface area contributed by atoms with Crippen LogP contribution in [0.5, 0.6) is 0 Å². The molecule has 1 aromatic carbocycles. The second-order valence-electron chi connectivity index (χ2n) is 6.62. The third kappa shape index (κ3) is 5.80. The molecule has 2 N–H and O–H groups in total. The first-order chi connectivity index (χ1) is 13.5. The summed E-state index contributed by atoms with van der Waals surface area (Å²) < 4.78 is 5.40. The van der Waals surface area contributed by atoms with E-state index < -0.39 is 6.03 Å². The predicted octanol–water partition coefficient (Wildman–Crippen LogP) is 4.31. The third-order valence-corrected chi connectivity index (χ3v) is 5.03. The van der Waals surface area contributed by atoms with Crippen molar-refractivity contribution in [3.63, 3.8) is 0 Å². The van der Waals surface area contributed by atoms with Gasteiger partial charge in [0, 0.05) is 17.1 Å². The molecule has 0 saturated heterocycles. The number of nitrogens with zero attached hydrogens (tertiary/aromatic N) is 1. The number of urea groups is 1. The fourth-order valence-corrected chi connectivity index (χ4v) is 3.64. The zero-order chi connectivity index (χ0) is 19.9. The molecule has 3 rings (SSSR count). The summed E-state index contributed by atoms with van der Waals surface area (Å²) in [4.78, 5) is 27.7. The topological polar surface area (TPSA) is 74.6 Å². The standard InChI is InChI=1S/C21H23N3O3S/c1-15-7-8-19(16(2)11-15)22-21(26)23-20(25)14-24(12-17-5-3-9-27-17)13-18-6-4-10-28-18/h3-11H,12-14H2,1-2H3,(H2,22,23,25,26). The fourth-order valence-electron chi connectivity index (χ4n) is 2.89. The highest BCUT2D eigenvalue weighted by molar-refractivity contribution is 7.09. The zero-order valence-corrected chi connectivity index (χ0v) is 16.7. The number of hydrogen-bond donors (Lipinski definition) is 2. The number of hydrogen-bond acceptors (Lipinski definition) is 5. The Hall–Kier alpha value is -2.90. The van der Waals surface area contributed by atoms with Crippen LogP contribution in [0.2, 0.25) is 0 Å². The van der Waals surface area contributed by atoms with Crippen LogP contribution in [0, 0.1) is 13.8 Å². The van der Waals surface area contributed by atoms with Gasteiger partial charge in [-0.25, -0.2) is 4.79 Å². The van der Waals surface area contributed by atoms with Gasteiger partial charge in [-0.3, -0.25) is 15.0 Å². The molecule has 0 fully saturated rings. The second kappa shape index (κ2) is 9.34.